The molecule has 1 saturated heterocycles. The summed E-state index contributed by atoms with van der Waals surface area (Å²) in [5.74, 6) is -0.569. The van der Waals surface area contributed by atoms with Gasteiger partial charge in [-0.25, -0.2) is 17.5 Å². The van der Waals surface area contributed by atoms with Crippen LogP contribution in [-0.4, -0.2) is 63.6 Å². The van der Waals surface area contributed by atoms with Crippen molar-refractivity contribution in [3.05, 3.63) is 65.2 Å². The minimum atomic E-state index is -3.71. The van der Waals surface area contributed by atoms with Gasteiger partial charge in [-0.2, -0.15) is 8.99 Å². The number of hydrogen-bond acceptors (Lipinski definition) is 6. The van der Waals surface area contributed by atoms with Crippen molar-refractivity contribution in [2.45, 2.75) is 11.6 Å². The van der Waals surface area contributed by atoms with Crippen LogP contribution in [0.1, 0.15) is 0 Å². The van der Waals surface area contributed by atoms with Crippen LogP contribution in [0.2, 0.25) is 0 Å². The van der Waals surface area contributed by atoms with Gasteiger partial charge in [-0.15, -0.1) is 0 Å². The van der Waals surface area contributed by atoms with E-state index in [-0.39, 0.29) is 4.90 Å². The van der Waals surface area contributed by atoms with Crippen molar-refractivity contribution in [3.63, 3.8) is 0 Å². The summed E-state index contributed by atoms with van der Waals surface area (Å²) < 4.78 is 43.9. The highest BCUT2D eigenvalue weighted by Gasteiger charge is 2.29. The standard InChI is InChI=1S/C18H19FN6O2S2/c19-15-5-4-8-17(13-15)29(26,27)23-11-9-22(10-12-23)14-24-18(28)25(21-20-24)16-6-2-1-3-7-16/h1-8,13H,9-12,14H2. The fourth-order valence-corrected chi connectivity index (χ4v) is 4.86. The van der Waals surface area contributed by atoms with Gasteiger partial charge in [0.1, 0.15) is 5.82 Å². The summed E-state index contributed by atoms with van der Waals surface area (Å²) in [4.78, 5) is 2.02. The van der Waals surface area contributed by atoms with E-state index >= 15 is 0 Å². The number of tetrazole rings is 1. The van der Waals surface area contributed by atoms with E-state index in [1.54, 1.807) is 9.36 Å². The highest BCUT2D eigenvalue weighted by Crippen LogP contribution is 2.18. The van der Waals surface area contributed by atoms with E-state index in [9.17, 15) is 12.8 Å². The lowest BCUT2D eigenvalue weighted by Crippen LogP contribution is -2.48. The first-order valence-electron chi connectivity index (χ1n) is 9.01. The van der Waals surface area contributed by atoms with E-state index < -0.39 is 15.8 Å². The van der Waals surface area contributed by atoms with E-state index in [2.05, 4.69) is 15.3 Å². The molecule has 2 aromatic carbocycles. The van der Waals surface area contributed by atoms with Crippen LogP contribution >= 0.6 is 12.2 Å². The van der Waals surface area contributed by atoms with Crippen LogP contribution in [0.3, 0.4) is 0 Å². The lowest BCUT2D eigenvalue weighted by atomic mass is 10.3. The zero-order chi connectivity index (χ0) is 20.4. The molecule has 1 aliphatic heterocycles. The maximum atomic E-state index is 13.4. The van der Waals surface area contributed by atoms with Gasteiger partial charge in [0.2, 0.25) is 14.8 Å². The Bertz CT molecular complexity index is 1150. The van der Waals surface area contributed by atoms with Gasteiger partial charge in [0.25, 0.3) is 0 Å². The molecule has 0 amide bonds. The number of halogens is 1. The Labute approximate surface area is 172 Å². The molecule has 11 heteroatoms. The second-order valence-electron chi connectivity index (χ2n) is 6.63. The predicted molar refractivity (Wildman–Crippen MR) is 107 cm³/mol. The first-order chi connectivity index (χ1) is 13.9. The molecule has 0 N–H and O–H groups in total. The van der Waals surface area contributed by atoms with Gasteiger partial charge < -0.3 is 0 Å². The summed E-state index contributed by atoms with van der Waals surface area (Å²) in [6.45, 7) is 2.04. The smallest absolute Gasteiger partial charge is 0.243 e. The number of rotatable bonds is 5. The fourth-order valence-electron chi connectivity index (χ4n) is 3.17. The second-order valence-corrected chi connectivity index (χ2v) is 8.93. The maximum Gasteiger partial charge on any atom is 0.243 e. The average Bonchev–Trinajstić information content (AvgIpc) is 3.09. The molecule has 8 nitrogen and oxygen atoms in total. The Morgan fingerprint density at radius 3 is 2.38 bits per heavy atom. The van der Waals surface area contributed by atoms with Crippen LogP contribution in [0.5, 0.6) is 0 Å². The topological polar surface area (TPSA) is 76.3 Å². The third-order valence-electron chi connectivity index (χ3n) is 4.74. The highest BCUT2D eigenvalue weighted by molar-refractivity contribution is 7.89. The molecule has 0 unspecified atom stereocenters. The Morgan fingerprint density at radius 2 is 1.69 bits per heavy atom. The van der Waals surface area contributed by atoms with E-state index in [0.717, 1.165) is 11.8 Å². The van der Waals surface area contributed by atoms with Crippen LogP contribution in [0.15, 0.2) is 59.5 Å². The molecule has 1 aliphatic rings. The zero-order valence-corrected chi connectivity index (χ0v) is 17.1. The third-order valence-corrected chi connectivity index (χ3v) is 7.02. The highest BCUT2D eigenvalue weighted by atomic mass is 32.2. The summed E-state index contributed by atoms with van der Waals surface area (Å²) in [7, 11) is -3.71. The van der Waals surface area contributed by atoms with Crippen molar-refractivity contribution < 1.29 is 12.8 Å². The van der Waals surface area contributed by atoms with Gasteiger partial charge in [-0.05, 0) is 53.0 Å². The normalized spacial score (nSPS) is 16.2. The van der Waals surface area contributed by atoms with Crippen LogP contribution in [0.25, 0.3) is 5.69 Å². The molecule has 3 aromatic rings. The van der Waals surface area contributed by atoms with E-state index in [1.165, 1.54) is 22.5 Å². The van der Waals surface area contributed by atoms with Gasteiger partial charge in [0.05, 0.1) is 17.3 Å². The molecule has 29 heavy (non-hydrogen) atoms. The minimum absolute atomic E-state index is 0.0287. The predicted octanol–water partition coefficient (Wildman–Crippen LogP) is 1.90. The van der Waals surface area contributed by atoms with Crippen molar-refractivity contribution in [1.29, 1.82) is 0 Å². The summed E-state index contributed by atoms with van der Waals surface area (Å²) >= 11 is 5.47. The van der Waals surface area contributed by atoms with E-state index in [1.807, 2.05) is 30.3 Å². The number of sulfonamides is 1. The summed E-state index contributed by atoms with van der Waals surface area (Å²) in [5, 5.41) is 8.23. The van der Waals surface area contributed by atoms with Crippen molar-refractivity contribution in [3.8, 4) is 5.69 Å². The fraction of sp³-hybridized carbons (Fsp3) is 0.278. The zero-order valence-electron chi connectivity index (χ0n) is 15.4. The molecule has 4 rings (SSSR count). The Morgan fingerprint density at radius 1 is 0.966 bits per heavy atom. The molecule has 0 saturated carbocycles. The van der Waals surface area contributed by atoms with Gasteiger partial charge in [-0.1, -0.05) is 24.3 Å². The molecular weight excluding hydrogens is 415 g/mol. The number of nitrogens with zero attached hydrogens (tertiary/aromatic N) is 6. The Hall–Kier alpha value is -2.47. The SMILES string of the molecule is O=S(=O)(c1cccc(F)c1)N1CCN(Cn2nnn(-c3ccccc3)c2=S)CC1. The molecule has 152 valence electrons. The second kappa shape index (κ2) is 8.11. The van der Waals surface area contributed by atoms with Gasteiger partial charge in [0, 0.05) is 26.2 Å². The molecule has 0 bridgehead atoms. The molecule has 0 aliphatic carbocycles. The minimum Gasteiger partial charge on any atom is -0.282 e. The van der Waals surface area contributed by atoms with Crippen molar-refractivity contribution in [2.75, 3.05) is 26.2 Å². The van der Waals surface area contributed by atoms with Crippen molar-refractivity contribution >= 4 is 22.2 Å². The van der Waals surface area contributed by atoms with E-state index in [4.69, 9.17) is 12.2 Å². The molecule has 0 atom stereocenters. The molecule has 0 radical (unpaired) electrons. The Kier molecular flexibility index (Phi) is 5.54. The molecule has 2 heterocycles. The lowest BCUT2D eigenvalue weighted by molar-refractivity contribution is 0.143. The average molecular weight is 435 g/mol. The van der Waals surface area contributed by atoms with Crippen molar-refractivity contribution in [2.24, 2.45) is 0 Å². The first kappa shape index (κ1) is 19.8. The molecule has 1 fully saturated rings. The van der Waals surface area contributed by atoms with Crippen LogP contribution in [0, 0.1) is 10.6 Å². The van der Waals surface area contributed by atoms with Crippen LogP contribution in [-0.2, 0) is 16.7 Å². The lowest BCUT2D eigenvalue weighted by Gasteiger charge is -2.33. The number of aromatic nitrogens is 4. The van der Waals surface area contributed by atoms with Gasteiger partial charge in [0.15, 0.2) is 0 Å². The molecule has 0 spiro atoms. The quantitative estimate of drug-likeness (QED) is 0.571. The molecular formula is C18H19FN6O2S2. The Balaban J connectivity index is 1.42. The van der Waals surface area contributed by atoms with Crippen LogP contribution in [0.4, 0.5) is 4.39 Å². The monoisotopic (exact) mass is 434 g/mol. The van der Waals surface area contributed by atoms with Crippen LogP contribution < -0.4 is 0 Å². The first-order valence-corrected chi connectivity index (χ1v) is 10.9. The number of para-hydroxylation sites is 1. The summed E-state index contributed by atoms with van der Waals surface area (Å²) in [6, 6.07) is 14.6. The third kappa shape index (κ3) is 4.13. The number of benzene rings is 2. The van der Waals surface area contributed by atoms with Gasteiger partial charge in [-0.3, -0.25) is 4.90 Å². The van der Waals surface area contributed by atoms with E-state index in [0.29, 0.717) is 37.6 Å². The summed E-state index contributed by atoms with van der Waals surface area (Å²) in [5.41, 5.74) is 0.828. The number of hydrogen-bond donors (Lipinski definition) is 0. The summed E-state index contributed by atoms with van der Waals surface area (Å²) in [6.07, 6.45) is 0. The number of piperazine rings is 1. The molecule has 1 aromatic heterocycles. The van der Waals surface area contributed by atoms with Crippen molar-refractivity contribution in [1.82, 2.24) is 29.0 Å². The largest absolute Gasteiger partial charge is 0.282 e. The van der Waals surface area contributed by atoms with Gasteiger partial charge >= 0.3 is 0 Å². The maximum absolute atomic E-state index is 13.4.